The van der Waals surface area contributed by atoms with Gasteiger partial charge >= 0.3 is 0 Å². The Labute approximate surface area is 51.9 Å². The first-order valence-electron chi connectivity index (χ1n) is 1.40. The van der Waals surface area contributed by atoms with Crippen molar-refractivity contribution < 1.29 is 8.42 Å². The molecule has 4 nitrogen and oxygen atoms in total. The van der Waals surface area contributed by atoms with Crippen molar-refractivity contribution in [3.8, 4) is 0 Å². The van der Waals surface area contributed by atoms with Crippen LogP contribution >= 0.6 is 10.7 Å². The summed E-state index contributed by atoms with van der Waals surface area (Å²) in [5, 5.41) is 11.2. The van der Waals surface area contributed by atoms with E-state index in [1.807, 2.05) is 0 Å². The van der Waals surface area contributed by atoms with Gasteiger partial charge in [0.1, 0.15) is 0 Å². The van der Waals surface area contributed by atoms with Crippen molar-refractivity contribution in [1.29, 1.82) is 10.8 Å². The smallest absolute Gasteiger partial charge is 0.229 e. The molecule has 0 spiro atoms. The van der Waals surface area contributed by atoms with Crippen LogP contribution in [0, 0.1) is 10.8 Å². The van der Waals surface area contributed by atoms with Crippen LogP contribution in [0.1, 0.15) is 0 Å². The van der Waals surface area contributed by atoms with E-state index in [0.29, 0.717) is 0 Å². The molecule has 0 atom stereocenters. The fraction of sp³-hybridized carbons (Fsp3) is 0.500. The van der Waals surface area contributed by atoms with E-state index in [2.05, 4.69) is 10.7 Å². The van der Waals surface area contributed by atoms with Gasteiger partial charge in [-0.1, -0.05) is 0 Å². The summed E-state index contributed by atoms with van der Waals surface area (Å²) in [4.78, 5) is 0. The molecule has 8 heavy (non-hydrogen) atoms. The first-order valence-corrected chi connectivity index (χ1v) is 4.11. The Morgan fingerprint density at radius 2 is 1.50 bits per heavy atom. The minimum Gasteiger partial charge on any atom is -0.242 e. The van der Waals surface area contributed by atoms with Crippen molar-refractivity contribution in [2.75, 3.05) is 6.26 Å². The highest BCUT2D eigenvalue weighted by Crippen LogP contribution is 1.83. The van der Waals surface area contributed by atoms with Crippen molar-refractivity contribution in [1.82, 2.24) is 0 Å². The van der Waals surface area contributed by atoms with E-state index in [1.54, 1.807) is 0 Å². The molecule has 0 radical (unpaired) electrons. The standard InChI is InChI=1S/CH3ClO2S.CH2N2/c1-5(2,3)4;2-1-3/h1H3;2-3H. The Morgan fingerprint density at radius 3 is 1.50 bits per heavy atom. The molecular formula is C2H5ClN2O2S. The maximum atomic E-state index is 9.40. The van der Waals surface area contributed by atoms with Crippen molar-refractivity contribution in [3.63, 3.8) is 0 Å². The minimum atomic E-state index is -3.19. The molecule has 0 aliphatic rings. The highest BCUT2D eigenvalue weighted by molar-refractivity contribution is 8.13. The van der Waals surface area contributed by atoms with Crippen LogP contribution in [0.3, 0.4) is 0 Å². The largest absolute Gasteiger partial charge is 0.242 e. The summed E-state index contributed by atoms with van der Waals surface area (Å²) >= 11 is 0. The molecule has 0 amide bonds. The lowest BCUT2D eigenvalue weighted by atomic mass is 11.6. The third kappa shape index (κ3) is 831. The summed E-state index contributed by atoms with van der Waals surface area (Å²) in [6, 6.07) is 1.25. The third-order valence-corrected chi connectivity index (χ3v) is 0. The molecule has 2 N–H and O–H groups in total. The molecule has 48 valence electrons. The monoisotopic (exact) mass is 156 g/mol. The van der Waals surface area contributed by atoms with E-state index >= 15 is 0 Å². The molecular weight excluding hydrogens is 152 g/mol. The summed E-state index contributed by atoms with van der Waals surface area (Å²) in [6.07, 6.45) is 0.925. The van der Waals surface area contributed by atoms with E-state index in [4.69, 9.17) is 10.8 Å². The van der Waals surface area contributed by atoms with Gasteiger partial charge < -0.3 is 0 Å². The van der Waals surface area contributed by atoms with Crippen LogP contribution in [-0.2, 0) is 9.05 Å². The van der Waals surface area contributed by atoms with Gasteiger partial charge in [0.05, 0.1) is 12.3 Å². The van der Waals surface area contributed by atoms with E-state index in [-0.39, 0.29) is 0 Å². The molecule has 0 aromatic rings. The predicted octanol–water partition coefficient (Wildman–Crippen LogP) is 0.503. The number of rotatable bonds is 0. The number of nitrogens with one attached hydrogen (secondary N) is 2. The fourth-order valence-electron chi connectivity index (χ4n) is 0. The van der Waals surface area contributed by atoms with Gasteiger partial charge in [0, 0.05) is 10.7 Å². The van der Waals surface area contributed by atoms with E-state index in [0.717, 1.165) is 6.26 Å². The molecule has 0 aromatic heterocycles. The highest BCUT2D eigenvalue weighted by Gasteiger charge is 1.83. The number of halogens is 1. The SMILES string of the molecule is CS(=O)(=O)Cl.N=C=N. The van der Waals surface area contributed by atoms with Crippen molar-refractivity contribution in [2.24, 2.45) is 0 Å². The normalized spacial score (nSPS) is 8.25. The first-order chi connectivity index (χ1) is 3.41. The lowest BCUT2D eigenvalue weighted by molar-refractivity contribution is 0.615. The van der Waals surface area contributed by atoms with Crippen LogP contribution in [0.25, 0.3) is 0 Å². The molecule has 0 saturated carbocycles. The second-order valence-corrected chi connectivity index (χ2v) is 3.85. The molecule has 0 aliphatic heterocycles. The molecule has 0 fully saturated rings. The molecule has 0 rings (SSSR count). The van der Waals surface area contributed by atoms with E-state index in [1.165, 1.54) is 6.01 Å². The number of hydrogen-bond donors (Lipinski definition) is 2. The maximum Gasteiger partial charge on any atom is 0.229 e. The van der Waals surface area contributed by atoms with Gasteiger partial charge in [-0.25, -0.2) is 19.2 Å². The Kier molecular flexibility index (Phi) is 6.31. The third-order valence-electron chi connectivity index (χ3n) is 0. The topological polar surface area (TPSA) is 81.8 Å². The predicted molar refractivity (Wildman–Crippen MR) is 31.1 cm³/mol. The Bertz CT molecular complexity index is 158. The summed E-state index contributed by atoms with van der Waals surface area (Å²) in [6.45, 7) is 0. The average Bonchev–Trinajstić information content (AvgIpc) is 1.27. The second-order valence-electron chi connectivity index (χ2n) is 0.807. The molecule has 0 saturated heterocycles. The molecule has 0 bridgehead atoms. The summed E-state index contributed by atoms with van der Waals surface area (Å²) < 4.78 is 18.8. The molecule has 0 aromatic carbocycles. The van der Waals surface area contributed by atoms with Crippen LogP contribution in [0.5, 0.6) is 0 Å². The van der Waals surface area contributed by atoms with Gasteiger partial charge in [-0.2, -0.15) is 0 Å². The molecule has 0 heterocycles. The Hall–Kier alpha value is -0.380. The first kappa shape index (κ1) is 10.6. The van der Waals surface area contributed by atoms with Crippen molar-refractivity contribution in [3.05, 3.63) is 0 Å². The van der Waals surface area contributed by atoms with Gasteiger partial charge in [-0.05, 0) is 0 Å². The van der Waals surface area contributed by atoms with Crippen molar-refractivity contribution >= 4 is 25.7 Å². The van der Waals surface area contributed by atoms with Crippen LogP contribution in [0.15, 0.2) is 0 Å². The van der Waals surface area contributed by atoms with Crippen LogP contribution in [0.2, 0.25) is 0 Å². The fourth-order valence-corrected chi connectivity index (χ4v) is 0. The summed E-state index contributed by atoms with van der Waals surface area (Å²) in [7, 11) is 1.31. The van der Waals surface area contributed by atoms with Crippen LogP contribution in [-0.4, -0.2) is 20.7 Å². The zero-order valence-corrected chi connectivity index (χ0v) is 5.68. The molecule has 6 heteroatoms. The summed E-state index contributed by atoms with van der Waals surface area (Å²) in [5.74, 6) is 0. The lowest BCUT2D eigenvalue weighted by Crippen LogP contribution is -1.76. The van der Waals surface area contributed by atoms with Crippen molar-refractivity contribution in [2.45, 2.75) is 0 Å². The molecule has 0 aliphatic carbocycles. The van der Waals surface area contributed by atoms with E-state index < -0.39 is 9.05 Å². The van der Waals surface area contributed by atoms with E-state index in [9.17, 15) is 8.42 Å². The number of hydrogen-bond acceptors (Lipinski definition) is 4. The Morgan fingerprint density at radius 1 is 1.50 bits per heavy atom. The van der Waals surface area contributed by atoms with Crippen LogP contribution in [0.4, 0.5) is 0 Å². The highest BCUT2D eigenvalue weighted by atomic mass is 35.7. The zero-order chi connectivity index (χ0) is 7.21. The Balaban J connectivity index is 0. The van der Waals surface area contributed by atoms with Gasteiger partial charge in [0.15, 0.2) is 0 Å². The summed E-state index contributed by atoms with van der Waals surface area (Å²) in [5.41, 5.74) is 0. The second kappa shape index (κ2) is 4.77. The lowest BCUT2D eigenvalue weighted by Gasteiger charge is -1.65. The van der Waals surface area contributed by atoms with Crippen LogP contribution < -0.4 is 0 Å². The van der Waals surface area contributed by atoms with Gasteiger partial charge in [-0.15, -0.1) is 0 Å². The zero-order valence-electron chi connectivity index (χ0n) is 4.10. The molecule has 0 unspecified atom stereocenters. The van der Waals surface area contributed by atoms with Gasteiger partial charge in [-0.3, -0.25) is 0 Å². The average molecular weight is 157 g/mol. The minimum absolute atomic E-state index is 0.925. The maximum absolute atomic E-state index is 9.40. The van der Waals surface area contributed by atoms with Gasteiger partial charge in [0.25, 0.3) is 0 Å². The van der Waals surface area contributed by atoms with Gasteiger partial charge in [0.2, 0.25) is 9.05 Å². The quantitative estimate of drug-likeness (QED) is 0.396.